The molecule has 0 saturated carbocycles. The summed E-state index contributed by atoms with van der Waals surface area (Å²) >= 11 is 1.43. The summed E-state index contributed by atoms with van der Waals surface area (Å²) in [7, 11) is 0. The normalized spacial score (nSPS) is 12.1. The number of esters is 1. The molecule has 4 rings (SSSR count). The smallest absolute Gasteiger partial charge is 0.357 e. The van der Waals surface area contributed by atoms with Crippen molar-refractivity contribution in [3.05, 3.63) is 78.2 Å². The molecule has 1 atom stereocenters. The Morgan fingerprint density at radius 1 is 1.10 bits per heavy atom. The van der Waals surface area contributed by atoms with E-state index in [0.717, 1.165) is 16.6 Å². The van der Waals surface area contributed by atoms with Crippen LogP contribution in [0.4, 0.5) is 0 Å². The molecular formula is C22H19N3O3S. The van der Waals surface area contributed by atoms with Crippen molar-refractivity contribution in [2.75, 3.05) is 6.26 Å². The summed E-state index contributed by atoms with van der Waals surface area (Å²) in [6.45, 7) is 1.58. The van der Waals surface area contributed by atoms with Crippen LogP contribution in [0, 0.1) is 0 Å². The van der Waals surface area contributed by atoms with Gasteiger partial charge in [0, 0.05) is 28.4 Å². The molecule has 1 N–H and O–H groups in total. The number of thioether (sulfide) groups is 1. The lowest BCUT2D eigenvalue weighted by Crippen LogP contribution is -2.25. The molecule has 0 radical (unpaired) electrons. The number of ether oxygens (including phenoxy) is 1. The minimum atomic E-state index is -0.932. The molecule has 6 nitrogen and oxygen atoms in total. The van der Waals surface area contributed by atoms with E-state index < -0.39 is 12.1 Å². The number of hydrogen-bond donors (Lipinski definition) is 1. The fourth-order valence-corrected chi connectivity index (χ4v) is 3.76. The molecule has 1 unspecified atom stereocenters. The van der Waals surface area contributed by atoms with Gasteiger partial charge in [0.1, 0.15) is 0 Å². The first kappa shape index (κ1) is 19.0. The molecule has 0 bridgehead atoms. The lowest BCUT2D eigenvalue weighted by Gasteiger charge is -2.14. The van der Waals surface area contributed by atoms with Crippen molar-refractivity contribution in [3.63, 3.8) is 0 Å². The number of H-pyrrole nitrogens is 1. The summed E-state index contributed by atoms with van der Waals surface area (Å²) in [5.41, 5.74) is 2.44. The van der Waals surface area contributed by atoms with Gasteiger partial charge in [0.05, 0.1) is 6.20 Å². The molecule has 4 aromatic rings. The highest BCUT2D eigenvalue weighted by molar-refractivity contribution is 7.98. The third-order valence-electron chi connectivity index (χ3n) is 4.64. The van der Waals surface area contributed by atoms with E-state index in [9.17, 15) is 9.59 Å². The van der Waals surface area contributed by atoms with E-state index in [0.29, 0.717) is 10.7 Å². The first-order valence-electron chi connectivity index (χ1n) is 9.08. The Bertz CT molecular complexity index is 1180. The van der Waals surface area contributed by atoms with Crippen LogP contribution in [-0.2, 0) is 4.74 Å². The zero-order valence-electron chi connectivity index (χ0n) is 16.0. The maximum absolute atomic E-state index is 12.9. The predicted octanol–water partition coefficient (Wildman–Crippen LogP) is 4.50. The first-order chi connectivity index (χ1) is 14.1. The van der Waals surface area contributed by atoms with Crippen molar-refractivity contribution in [1.82, 2.24) is 14.5 Å². The van der Waals surface area contributed by atoms with Crippen molar-refractivity contribution in [2.45, 2.75) is 18.2 Å². The third-order valence-corrected chi connectivity index (χ3v) is 5.30. The minimum absolute atomic E-state index is 0.258. The second-order valence-corrected chi connectivity index (χ2v) is 7.23. The maximum Gasteiger partial charge on any atom is 0.357 e. The molecule has 0 amide bonds. The van der Waals surface area contributed by atoms with E-state index in [4.69, 9.17) is 4.74 Å². The number of Topliss-reactive ketones (excluding diaryl/α,β-unsaturated/α-hetero) is 1. The van der Waals surface area contributed by atoms with Crippen molar-refractivity contribution in [2.24, 2.45) is 0 Å². The highest BCUT2D eigenvalue weighted by Gasteiger charge is 2.25. The molecular weight excluding hydrogens is 386 g/mol. The number of fused-ring (bicyclic) bond motifs is 1. The fraction of sp³-hybridized carbons (Fsp3) is 0.136. The molecule has 0 aliphatic carbocycles. The van der Waals surface area contributed by atoms with Gasteiger partial charge in [-0.25, -0.2) is 9.78 Å². The van der Waals surface area contributed by atoms with Crippen LogP contribution in [0.1, 0.15) is 27.8 Å². The summed E-state index contributed by atoms with van der Waals surface area (Å²) in [5, 5.41) is 1.47. The highest BCUT2D eigenvalue weighted by atomic mass is 32.2. The SMILES string of the molecule is CSc1ncc(C(=O)OC(C)C(=O)c2c[nH]c3ccccc23)n1-c1ccccc1. The van der Waals surface area contributed by atoms with Crippen LogP contribution in [0.2, 0.25) is 0 Å². The summed E-state index contributed by atoms with van der Waals surface area (Å²) < 4.78 is 7.25. The molecule has 0 saturated heterocycles. The number of nitrogens with zero attached hydrogens (tertiary/aromatic N) is 2. The van der Waals surface area contributed by atoms with Crippen LogP contribution in [0.3, 0.4) is 0 Å². The van der Waals surface area contributed by atoms with Gasteiger partial charge in [0.2, 0.25) is 5.78 Å². The van der Waals surface area contributed by atoms with Crippen molar-refractivity contribution in [3.8, 4) is 5.69 Å². The summed E-state index contributed by atoms with van der Waals surface area (Å²) in [6.07, 6.45) is 4.08. The summed E-state index contributed by atoms with van der Waals surface area (Å²) in [4.78, 5) is 33.1. The van der Waals surface area contributed by atoms with Crippen LogP contribution in [0.5, 0.6) is 0 Å². The van der Waals surface area contributed by atoms with Gasteiger partial charge in [-0.3, -0.25) is 9.36 Å². The number of benzene rings is 2. The number of imidazole rings is 1. The topological polar surface area (TPSA) is 77.0 Å². The van der Waals surface area contributed by atoms with Crippen molar-refractivity contribution < 1.29 is 14.3 Å². The van der Waals surface area contributed by atoms with E-state index in [2.05, 4.69) is 9.97 Å². The molecule has 2 heterocycles. The van der Waals surface area contributed by atoms with Gasteiger partial charge >= 0.3 is 5.97 Å². The van der Waals surface area contributed by atoms with Crippen LogP contribution < -0.4 is 0 Å². The lowest BCUT2D eigenvalue weighted by molar-refractivity contribution is 0.0311. The van der Waals surface area contributed by atoms with Crippen LogP contribution >= 0.6 is 11.8 Å². The lowest BCUT2D eigenvalue weighted by atomic mass is 10.1. The Balaban J connectivity index is 1.60. The Morgan fingerprint density at radius 3 is 2.59 bits per heavy atom. The second kappa shape index (κ2) is 7.97. The molecule has 0 fully saturated rings. The van der Waals surface area contributed by atoms with E-state index in [1.165, 1.54) is 18.0 Å². The number of carbonyl (C=O) groups is 2. The largest absolute Gasteiger partial charge is 0.450 e. The molecule has 0 aliphatic heterocycles. The zero-order valence-corrected chi connectivity index (χ0v) is 16.8. The maximum atomic E-state index is 12.9. The Kier molecular flexibility index (Phi) is 5.22. The molecule has 7 heteroatoms. The zero-order chi connectivity index (χ0) is 20.4. The van der Waals surface area contributed by atoms with Crippen LogP contribution in [0.25, 0.3) is 16.6 Å². The van der Waals surface area contributed by atoms with E-state index in [1.807, 2.05) is 60.9 Å². The highest BCUT2D eigenvalue weighted by Crippen LogP contribution is 2.24. The molecule has 2 aromatic heterocycles. The van der Waals surface area contributed by atoms with E-state index >= 15 is 0 Å². The fourth-order valence-electron chi connectivity index (χ4n) is 3.22. The molecule has 29 heavy (non-hydrogen) atoms. The van der Waals surface area contributed by atoms with E-state index in [-0.39, 0.29) is 11.5 Å². The van der Waals surface area contributed by atoms with Crippen LogP contribution in [0.15, 0.2) is 72.1 Å². The number of aromatic amines is 1. The standard InChI is InChI=1S/C22H19N3O3S/c1-14(20(26)17-12-23-18-11-7-6-10-16(17)18)28-21(27)19-13-24-22(29-2)25(19)15-8-4-3-5-9-15/h3-14,23H,1-2H3. The number of para-hydroxylation sites is 2. The minimum Gasteiger partial charge on any atom is -0.450 e. The average molecular weight is 405 g/mol. The quantitative estimate of drug-likeness (QED) is 0.290. The summed E-state index contributed by atoms with van der Waals surface area (Å²) in [6, 6.07) is 17.0. The van der Waals surface area contributed by atoms with Gasteiger partial charge in [-0.2, -0.15) is 0 Å². The van der Waals surface area contributed by atoms with Gasteiger partial charge in [-0.1, -0.05) is 48.2 Å². The Hall–Kier alpha value is -3.32. The Labute approximate surface area is 171 Å². The molecule has 0 spiro atoms. The molecule has 2 aromatic carbocycles. The number of carbonyl (C=O) groups excluding carboxylic acids is 2. The predicted molar refractivity (Wildman–Crippen MR) is 113 cm³/mol. The van der Waals surface area contributed by atoms with Gasteiger partial charge in [0.25, 0.3) is 0 Å². The second-order valence-electron chi connectivity index (χ2n) is 6.46. The van der Waals surface area contributed by atoms with Crippen molar-refractivity contribution in [1.29, 1.82) is 0 Å². The average Bonchev–Trinajstić information content (AvgIpc) is 3.38. The van der Waals surface area contributed by atoms with Gasteiger partial charge < -0.3 is 9.72 Å². The van der Waals surface area contributed by atoms with Crippen molar-refractivity contribution >= 4 is 34.4 Å². The molecule has 146 valence electrons. The van der Waals surface area contributed by atoms with Gasteiger partial charge in [-0.05, 0) is 31.4 Å². The van der Waals surface area contributed by atoms with Gasteiger partial charge in [-0.15, -0.1) is 0 Å². The number of ketones is 1. The number of aromatic nitrogens is 3. The Morgan fingerprint density at radius 2 is 1.83 bits per heavy atom. The number of hydrogen-bond acceptors (Lipinski definition) is 5. The summed E-state index contributed by atoms with van der Waals surface area (Å²) in [5.74, 6) is -0.853. The number of nitrogens with one attached hydrogen (secondary N) is 1. The molecule has 0 aliphatic rings. The first-order valence-corrected chi connectivity index (χ1v) is 10.3. The number of rotatable bonds is 6. The van der Waals surface area contributed by atoms with E-state index in [1.54, 1.807) is 17.7 Å². The monoisotopic (exact) mass is 405 g/mol. The third kappa shape index (κ3) is 3.56. The van der Waals surface area contributed by atoms with Gasteiger partial charge in [0.15, 0.2) is 17.0 Å². The van der Waals surface area contributed by atoms with Crippen LogP contribution in [-0.4, -0.2) is 38.6 Å².